The monoisotopic (exact) mass is 394 g/mol. The number of nitrogens with zero attached hydrogens (tertiary/aromatic N) is 4. The van der Waals surface area contributed by atoms with Gasteiger partial charge < -0.3 is 15.1 Å². The van der Waals surface area contributed by atoms with Crippen LogP contribution in [0.3, 0.4) is 0 Å². The Balaban J connectivity index is 1.72. The molecular formula is C21H26N6O2. The number of aliphatic imine (C=N–C) groups is 1. The summed E-state index contributed by atoms with van der Waals surface area (Å²) in [5.74, 6) is 0.000830. The molecule has 0 aromatic heterocycles. The summed E-state index contributed by atoms with van der Waals surface area (Å²) in [4.78, 5) is 33.3. The molecule has 2 N–H and O–H groups in total. The first-order valence-electron chi connectivity index (χ1n) is 9.85. The molecule has 2 aliphatic heterocycles. The Bertz CT molecular complexity index is 849. The largest absolute Gasteiger partial charge is 0.334 e. The van der Waals surface area contributed by atoms with Crippen molar-refractivity contribution in [2.24, 2.45) is 4.99 Å². The van der Waals surface area contributed by atoms with Gasteiger partial charge in [0.05, 0.1) is 6.54 Å². The Hall–Kier alpha value is -3.34. The summed E-state index contributed by atoms with van der Waals surface area (Å²) < 4.78 is 0. The number of nitriles is 1. The van der Waals surface area contributed by atoms with Crippen molar-refractivity contribution in [3.05, 3.63) is 42.0 Å². The number of nitrogens with one attached hydrogen (secondary N) is 2. The first-order chi connectivity index (χ1) is 14.1. The molecule has 2 aliphatic rings. The Morgan fingerprint density at radius 3 is 2.83 bits per heavy atom. The van der Waals surface area contributed by atoms with E-state index in [0.29, 0.717) is 26.1 Å². The van der Waals surface area contributed by atoms with Crippen molar-refractivity contribution in [1.29, 1.82) is 5.26 Å². The lowest BCUT2D eigenvalue weighted by Gasteiger charge is -2.25. The molecule has 1 unspecified atom stereocenters. The average Bonchev–Trinajstić information content (AvgIpc) is 3.18. The molecule has 1 atom stereocenters. The van der Waals surface area contributed by atoms with Crippen LogP contribution in [0.25, 0.3) is 0 Å². The summed E-state index contributed by atoms with van der Waals surface area (Å²) in [6, 6.07) is 7.04. The minimum Gasteiger partial charge on any atom is -0.334 e. The maximum absolute atomic E-state index is 13.0. The summed E-state index contributed by atoms with van der Waals surface area (Å²) in [6.07, 6.45) is 8.01. The number of amides is 2. The van der Waals surface area contributed by atoms with Crippen molar-refractivity contribution in [1.82, 2.24) is 15.1 Å². The highest BCUT2D eigenvalue weighted by molar-refractivity contribution is 5.97. The molecule has 1 saturated heterocycles. The van der Waals surface area contributed by atoms with Crippen LogP contribution in [0.1, 0.15) is 24.8 Å². The first kappa shape index (κ1) is 20.4. The molecule has 2 heterocycles. The van der Waals surface area contributed by atoms with Gasteiger partial charge in [0.25, 0.3) is 0 Å². The third-order valence-electron chi connectivity index (χ3n) is 4.99. The molecule has 0 spiro atoms. The number of aryl methyl sites for hydroxylation is 1. The minimum absolute atomic E-state index is 0.0544. The molecule has 0 saturated carbocycles. The van der Waals surface area contributed by atoms with E-state index in [1.807, 2.05) is 49.5 Å². The molecular weight excluding hydrogens is 368 g/mol. The fraction of sp³-hybridized carbons (Fsp3) is 0.429. The lowest BCUT2D eigenvalue weighted by atomic mass is 10.1. The van der Waals surface area contributed by atoms with E-state index in [9.17, 15) is 9.59 Å². The normalized spacial score (nSPS) is 19.7. The zero-order chi connectivity index (χ0) is 20.6. The highest BCUT2D eigenvalue weighted by Crippen LogP contribution is 2.17. The van der Waals surface area contributed by atoms with Gasteiger partial charge in [-0.15, -0.1) is 0 Å². The van der Waals surface area contributed by atoms with Crippen LogP contribution in [0.4, 0.5) is 5.69 Å². The molecule has 29 heavy (non-hydrogen) atoms. The van der Waals surface area contributed by atoms with Gasteiger partial charge in [-0.2, -0.15) is 5.26 Å². The van der Waals surface area contributed by atoms with Crippen molar-refractivity contribution >= 4 is 23.5 Å². The van der Waals surface area contributed by atoms with Gasteiger partial charge in [-0.25, -0.2) is 4.99 Å². The van der Waals surface area contributed by atoms with E-state index in [0.717, 1.165) is 24.1 Å². The Morgan fingerprint density at radius 1 is 1.31 bits per heavy atom. The van der Waals surface area contributed by atoms with Gasteiger partial charge in [-0.05, 0) is 43.9 Å². The van der Waals surface area contributed by atoms with Crippen LogP contribution in [0.15, 0.2) is 41.4 Å². The summed E-state index contributed by atoms with van der Waals surface area (Å²) in [7, 11) is 0. The van der Waals surface area contributed by atoms with Crippen LogP contribution < -0.4 is 10.6 Å². The van der Waals surface area contributed by atoms with Gasteiger partial charge >= 0.3 is 0 Å². The maximum atomic E-state index is 13.0. The summed E-state index contributed by atoms with van der Waals surface area (Å²) >= 11 is 0. The second-order valence-electron chi connectivity index (χ2n) is 7.25. The SMILES string of the molecule is Cc1cccc(NC(=NC2CCCCN(CC(=O)N3CC=CC3)C2=O)NC#N)c1. The highest BCUT2D eigenvalue weighted by Gasteiger charge is 2.29. The minimum atomic E-state index is -0.629. The number of rotatable bonds is 4. The van der Waals surface area contributed by atoms with Crippen molar-refractivity contribution in [2.45, 2.75) is 32.2 Å². The van der Waals surface area contributed by atoms with E-state index < -0.39 is 6.04 Å². The van der Waals surface area contributed by atoms with Gasteiger partial charge in [0.2, 0.25) is 17.8 Å². The number of benzene rings is 1. The molecule has 1 aromatic carbocycles. The zero-order valence-electron chi connectivity index (χ0n) is 16.6. The van der Waals surface area contributed by atoms with Crippen LogP contribution >= 0.6 is 0 Å². The number of hydrogen-bond donors (Lipinski definition) is 2. The van der Waals surface area contributed by atoms with Gasteiger partial charge in [-0.1, -0.05) is 24.3 Å². The van der Waals surface area contributed by atoms with Gasteiger partial charge in [0.15, 0.2) is 6.19 Å². The maximum Gasteiger partial charge on any atom is 0.247 e. The van der Waals surface area contributed by atoms with Crippen molar-refractivity contribution < 1.29 is 9.59 Å². The van der Waals surface area contributed by atoms with Crippen LogP contribution in [0.2, 0.25) is 0 Å². The number of carbonyl (C=O) groups is 2. The Labute approximate surface area is 170 Å². The molecule has 1 aromatic rings. The fourth-order valence-electron chi connectivity index (χ4n) is 3.47. The highest BCUT2D eigenvalue weighted by atomic mass is 16.2. The predicted octanol–water partition coefficient (Wildman–Crippen LogP) is 1.61. The summed E-state index contributed by atoms with van der Waals surface area (Å²) in [5.41, 5.74) is 1.85. The molecule has 2 amide bonds. The Kier molecular flexibility index (Phi) is 6.85. The quantitative estimate of drug-likeness (QED) is 0.266. The topological polar surface area (TPSA) is 101 Å². The van der Waals surface area contributed by atoms with Crippen LogP contribution in [-0.2, 0) is 9.59 Å². The standard InChI is InChI=1S/C21H26N6O2/c1-16-7-6-8-17(13-16)24-21(23-15-22)25-18-9-2-3-12-27(20(18)29)14-19(28)26-10-4-5-11-26/h4-8,13,18H,2-3,9-12,14H2,1H3,(H2,23,24,25). The van der Waals surface area contributed by atoms with E-state index in [4.69, 9.17) is 5.26 Å². The molecule has 8 nitrogen and oxygen atoms in total. The smallest absolute Gasteiger partial charge is 0.247 e. The number of anilines is 1. The van der Waals surface area contributed by atoms with Gasteiger partial charge in [0, 0.05) is 25.3 Å². The third-order valence-corrected chi connectivity index (χ3v) is 4.99. The van der Waals surface area contributed by atoms with Gasteiger partial charge in [0.1, 0.15) is 6.04 Å². The molecule has 1 fully saturated rings. The lowest BCUT2D eigenvalue weighted by molar-refractivity contribution is -0.140. The van der Waals surface area contributed by atoms with Gasteiger partial charge in [-0.3, -0.25) is 14.9 Å². The summed E-state index contributed by atoms with van der Waals surface area (Å²) in [6.45, 7) is 3.78. The molecule has 8 heteroatoms. The van der Waals surface area contributed by atoms with Crippen molar-refractivity contribution in [3.8, 4) is 6.19 Å². The average molecular weight is 394 g/mol. The predicted molar refractivity (Wildman–Crippen MR) is 111 cm³/mol. The zero-order valence-corrected chi connectivity index (χ0v) is 16.6. The summed E-state index contributed by atoms with van der Waals surface area (Å²) in [5, 5.41) is 14.7. The number of guanidine groups is 1. The van der Waals surface area contributed by atoms with E-state index in [2.05, 4.69) is 15.6 Å². The van der Waals surface area contributed by atoms with E-state index in [1.165, 1.54) is 0 Å². The number of likely N-dealkylation sites (tertiary alicyclic amines) is 1. The van der Waals surface area contributed by atoms with E-state index in [1.54, 1.807) is 9.80 Å². The van der Waals surface area contributed by atoms with Crippen LogP contribution in [0, 0.1) is 18.4 Å². The molecule has 0 bridgehead atoms. The second-order valence-corrected chi connectivity index (χ2v) is 7.25. The number of hydrogen-bond acceptors (Lipinski definition) is 4. The van der Waals surface area contributed by atoms with Crippen molar-refractivity contribution in [2.75, 3.05) is 31.5 Å². The third kappa shape index (κ3) is 5.57. The fourth-order valence-corrected chi connectivity index (χ4v) is 3.47. The molecule has 152 valence electrons. The van der Waals surface area contributed by atoms with Crippen LogP contribution in [-0.4, -0.2) is 59.8 Å². The lowest BCUT2D eigenvalue weighted by Crippen LogP contribution is -2.45. The van der Waals surface area contributed by atoms with E-state index in [-0.39, 0.29) is 24.3 Å². The van der Waals surface area contributed by atoms with Crippen molar-refractivity contribution in [3.63, 3.8) is 0 Å². The van der Waals surface area contributed by atoms with E-state index >= 15 is 0 Å². The van der Waals surface area contributed by atoms with Crippen LogP contribution in [0.5, 0.6) is 0 Å². The Morgan fingerprint density at radius 2 is 2.10 bits per heavy atom. The first-order valence-corrected chi connectivity index (χ1v) is 9.85. The molecule has 3 rings (SSSR count). The second kappa shape index (κ2) is 9.73. The molecule has 0 radical (unpaired) electrons. The number of carbonyl (C=O) groups excluding carboxylic acids is 2. The molecule has 0 aliphatic carbocycles.